The van der Waals surface area contributed by atoms with E-state index in [1.807, 2.05) is 36.1 Å². The number of benzene rings is 2. The van der Waals surface area contributed by atoms with Gasteiger partial charge in [-0.15, -0.1) is 0 Å². The van der Waals surface area contributed by atoms with Gasteiger partial charge in [-0.2, -0.15) is 0 Å². The van der Waals surface area contributed by atoms with Gasteiger partial charge in [0.15, 0.2) is 0 Å². The molecule has 0 aromatic heterocycles. The zero-order chi connectivity index (χ0) is 17.6. The number of fused-ring (bicyclic) bond motifs is 2. The van der Waals surface area contributed by atoms with Crippen molar-refractivity contribution in [3.05, 3.63) is 65.0 Å². The molecule has 1 saturated heterocycles. The van der Waals surface area contributed by atoms with Crippen LogP contribution in [0.3, 0.4) is 0 Å². The average molecular weight is 338 g/mol. The molecule has 0 unspecified atom stereocenters. The fourth-order valence-electron chi connectivity index (χ4n) is 4.15. The lowest BCUT2D eigenvalue weighted by molar-refractivity contribution is 0.0979. The quantitative estimate of drug-likeness (QED) is 0.790. The second-order valence-corrected chi connectivity index (χ2v) is 7.50. The highest BCUT2D eigenvalue weighted by atomic mass is 19.1. The van der Waals surface area contributed by atoms with E-state index < -0.39 is 0 Å². The number of piperidine rings is 1. The van der Waals surface area contributed by atoms with E-state index in [1.54, 1.807) is 12.1 Å². The molecule has 2 aromatic rings. The van der Waals surface area contributed by atoms with Crippen molar-refractivity contribution < 1.29 is 9.18 Å². The maximum Gasteiger partial charge on any atom is 0.258 e. The lowest BCUT2D eigenvalue weighted by atomic mass is 9.74. The zero-order valence-corrected chi connectivity index (χ0v) is 14.8. The predicted octanol–water partition coefficient (Wildman–Crippen LogP) is 3.76. The Morgan fingerprint density at radius 2 is 1.76 bits per heavy atom. The third kappa shape index (κ3) is 2.74. The Kier molecular flexibility index (Phi) is 3.88. The minimum absolute atomic E-state index is 0.00339. The standard InChI is InChI=1S/C21H23FN2O/c1-15-3-5-16(6-4-15)20(25)24-14-21(9-11-23(2)12-10-21)18-13-17(22)7-8-19(18)24/h3-8,13H,9-12,14H2,1-2H3. The van der Waals surface area contributed by atoms with Crippen molar-refractivity contribution in [3.63, 3.8) is 0 Å². The van der Waals surface area contributed by atoms with Crippen LogP contribution in [0.4, 0.5) is 10.1 Å². The topological polar surface area (TPSA) is 23.6 Å². The van der Waals surface area contributed by atoms with Crippen LogP contribution in [-0.4, -0.2) is 37.5 Å². The maximum absolute atomic E-state index is 14.0. The summed E-state index contributed by atoms with van der Waals surface area (Å²) in [5.74, 6) is -0.217. The van der Waals surface area contributed by atoms with Crippen LogP contribution in [0.5, 0.6) is 0 Å². The summed E-state index contributed by atoms with van der Waals surface area (Å²) in [6, 6.07) is 12.5. The Morgan fingerprint density at radius 1 is 1.08 bits per heavy atom. The third-order valence-electron chi connectivity index (χ3n) is 5.77. The minimum atomic E-state index is -0.221. The summed E-state index contributed by atoms with van der Waals surface area (Å²) >= 11 is 0. The Labute approximate surface area is 148 Å². The van der Waals surface area contributed by atoms with Crippen molar-refractivity contribution in [2.24, 2.45) is 0 Å². The van der Waals surface area contributed by atoms with Crippen LogP contribution in [0, 0.1) is 12.7 Å². The normalized spacial score (nSPS) is 19.2. The van der Waals surface area contributed by atoms with E-state index in [0.717, 1.165) is 42.7 Å². The molecule has 1 amide bonds. The Morgan fingerprint density at radius 3 is 2.44 bits per heavy atom. The molecular formula is C21H23FN2O. The van der Waals surface area contributed by atoms with Gasteiger partial charge in [0.1, 0.15) is 5.82 Å². The molecule has 130 valence electrons. The molecule has 1 fully saturated rings. The van der Waals surface area contributed by atoms with Crippen molar-refractivity contribution in [1.82, 2.24) is 4.90 Å². The molecular weight excluding hydrogens is 315 g/mol. The predicted molar refractivity (Wildman–Crippen MR) is 97.7 cm³/mol. The van der Waals surface area contributed by atoms with Gasteiger partial charge in [0.2, 0.25) is 0 Å². The summed E-state index contributed by atoms with van der Waals surface area (Å²) < 4.78 is 14.0. The molecule has 0 radical (unpaired) electrons. The Balaban J connectivity index is 1.73. The van der Waals surface area contributed by atoms with Gasteiger partial charge in [0.05, 0.1) is 0 Å². The number of nitrogens with zero attached hydrogens (tertiary/aromatic N) is 2. The van der Waals surface area contributed by atoms with E-state index in [9.17, 15) is 9.18 Å². The number of rotatable bonds is 1. The molecule has 4 rings (SSSR count). The highest BCUT2D eigenvalue weighted by Crippen LogP contribution is 2.47. The first kappa shape index (κ1) is 16.3. The van der Waals surface area contributed by atoms with Crippen molar-refractivity contribution in [2.75, 3.05) is 31.6 Å². The summed E-state index contributed by atoms with van der Waals surface area (Å²) in [7, 11) is 2.11. The van der Waals surface area contributed by atoms with Crippen LogP contribution in [-0.2, 0) is 5.41 Å². The first-order chi connectivity index (χ1) is 12.0. The number of amides is 1. The van der Waals surface area contributed by atoms with Crippen LogP contribution >= 0.6 is 0 Å². The van der Waals surface area contributed by atoms with Gasteiger partial charge in [-0.1, -0.05) is 17.7 Å². The highest BCUT2D eigenvalue weighted by Gasteiger charge is 2.46. The monoisotopic (exact) mass is 338 g/mol. The number of hydrogen-bond acceptors (Lipinski definition) is 2. The maximum atomic E-state index is 14.0. The Hall–Kier alpha value is -2.20. The molecule has 0 bridgehead atoms. The number of anilines is 1. The molecule has 0 N–H and O–H groups in total. The average Bonchev–Trinajstić information content (AvgIpc) is 2.92. The molecule has 3 nitrogen and oxygen atoms in total. The largest absolute Gasteiger partial charge is 0.307 e. The first-order valence-electron chi connectivity index (χ1n) is 8.86. The number of likely N-dealkylation sites (tertiary alicyclic amines) is 1. The van der Waals surface area contributed by atoms with Crippen molar-refractivity contribution >= 4 is 11.6 Å². The van der Waals surface area contributed by atoms with Gasteiger partial charge in [0, 0.05) is 23.2 Å². The molecule has 0 saturated carbocycles. The summed E-state index contributed by atoms with van der Waals surface area (Å²) in [5, 5.41) is 0. The molecule has 2 heterocycles. The SMILES string of the molecule is Cc1ccc(C(=O)N2CC3(CCN(C)CC3)c3cc(F)ccc32)cc1. The van der Waals surface area contributed by atoms with Gasteiger partial charge in [-0.3, -0.25) is 4.79 Å². The van der Waals surface area contributed by atoms with Gasteiger partial charge in [-0.05, 0) is 75.8 Å². The van der Waals surface area contributed by atoms with E-state index in [4.69, 9.17) is 0 Å². The van der Waals surface area contributed by atoms with Gasteiger partial charge in [0.25, 0.3) is 5.91 Å². The van der Waals surface area contributed by atoms with Crippen LogP contribution < -0.4 is 4.90 Å². The number of halogens is 1. The molecule has 2 aliphatic heterocycles. The van der Waals surface area contributed by atoms with E-state index >= 15 is 0 Å². The number of carbonyl (C=O) groups is 1. The van der Waals surface area contributed by atoms with E-state index in [2.05, 4.69) is 11.9 Å². The molecule has 0 aliphatic carbocycles. The van der Waals surface area contributed by atoms with Crippen LogP contribution in [0.25, 0.3) is 0 Å². The number of hydrogen-bond donors (Lipinski definition) is 0. The summed E-state index contributed by atoms with van der Waals surface area (Å²) in [6.07, 6.45) is 1.91. The van der Waals surface area contributed by atoms with E-state index in [0.29, 0.717) is 12.1 Å². The van der Waals surface area contributed by atoms with Crippen molar-refractivity contribution in [2.45, 2.75) is 25.2 Å². The smallest absolute Gasteiger partial charge is 0.258 e. The fourth-order valence-corrected chi connectivity index (χ4v) is 4.15. The molecule has 25 heavy (non-hydrogen) atoms. The molecule has 1 spiro atoms. The summed E-state index contributed by atoms with van der Waals surface area (Å²) in [4.78, 5) is 17.3. The minimum Gasteiger partial charge on any atom is -0.307 e. The number of carbonyl (C=O) groups excluding carboxylic acids is 1. The molecule has 4 heteroatoms. The van der Waals surface area contributed by atoms with Crippen molar-refractivity contribution in [3.8, 4) is 0 Å². The summed E-state index contributed by atoms with van der Waals surface area (Å²) in [6.45, 7) is 4.60. The third-order valence-corrected chi connectivity index (χ3v) is 5.77. The van der Waals surface area contributed by atoms with E-state index in [-0.39, 0.29) is 17.1 Å². The Bertz CT molecular complexity index is 807. The molecule has 2 aliphatic rings. The number of aryl methyl sites for hydroxylation is 1. The molecule has 2 aromatic carbocycles. The van der Waals surface area contributed by atoms with Crippen LogP contribution in [0.2, 0.25) is 0 Å². The van der Waals surface area contributed by atoms with Crippen molar-refractivity contribution in [1.29, 1.82) is 0 Å². The highest BCUT2D eigenvalue weighted by molar-refractivity contribution is 6.07. The van der Waals surface area contributed by atoms with Crippen LogP contribution in [0.15, 0.2) is 42.5 Å². The van der Waals surface area contributed by atoms with Gasteiger partial charge < -0.3 is 9.80 Å². The first-order valence-corrected chi connectivity index (χ1v) is 8.86. The van der Waals surface area contributed by atoms with Gasteiger partial charge >= 0.3 is 0 Å². The summed E-state index contributed by atoms with van der Waals surface area (Å²) in [5.41, 5.74) is 3.57. The lowest BCUT2D eigenvalue weighted by Gasteiger charge is -2.38. The second kappa shape index (κ2) is 5.95. The van der Waals surface area contributed by atoms with Crippen LogP contribution in [0.1, 0.15) is 34.3 Å². The zero-order valence-electron chi connectivity index (χ0n) is 14.8. The lowest BCUT2D eigenvalue weighted by Crippen LogP contribution is -2.44. The van der Waals surface area contributed by atoms with E-state index in [1.165, 1.54) is 6.07 Å². The van der Waals surface area contributed by atoms with Gasteiger partial charge in [-0.25, -0.2) is 4.39 Å². The second-order valence-electron chi connectivity index (χ2n) is 7.50. The molecule has 0 atom stereocenters. The fraction of sp³-hybridized carbons (Fsp3) is 0.381.